The summed E-state index contributed by atoms with van der Waals surface area (Å²) in [5.41, 5.74) is 0. The maximum atomic E-state index is 5.63. The predicted molar refractivity (Wildman–Crippen MR) is 54.5 cm³/mol. The molecule has 2 heterocycles. The molecule has 1 N–H and O–H groups in total. The van der Waals surface area contributed by atoms with E-state index in [4.69, 9.17) is 16.3 Å². The zero-order valence-electron chi connectivity index (χ0n) is 7.74. The van der Waals surface area contributed by atoms with Gasteiger partial charge in [0.2, 0.25) is 0 Å². The Morgan fingerprint density at radius 2 is 2.07 bits per heavy atom. The third-order valence-corrected chi connectivity index (χ3v) is 2.39. The van der Waals surface area contributed by atoms with Crippen molar-refractivity contribution in [2.45, 2.75) is 18.9 Å². The average Bonchev–Trinajstić information content (AvgIpc) is 2.23. The van der Waals surface area contributed by atoms with E-state index in [1.54, 1.807) is 12.4 Å². The SMILES string of the molecule is Clc1cnc(NC2CCOCC2)cn1. The van der Waals surface area contributed by atoms with Gasteiger partial charge in [0.05, 0.1) is 12.4 Å². The van der Waals surface area contributed by atoms with Gasteiger partial charge < -0.3 is 10.1 Å². The van der Waals surface area contributed by atoms with E-state index in [-0.39, 0.29) is 0 Å². The lowest BCUT2D eigenvalue weighted by Gasteiger charge is -2.23. The Bertz CT molecular complexity index is 285. The summed E-state index contributed by atoms with van der Waals surface area (Å²) in [5.74, 6) is 0.779. The molecule has 0 spiro atoms. The van der Waals surface area contributed by atoms with Gasteiger partial charge in [-0.25, -0.2) is 9.97 Å². The van der Waals surface area contributed by atoms with Crippen molar-refractivity contribution < 1.29 is 4.74 Å². The maximum Gasteiger partial charge on any atom is 0.147 e. The van der Waals surface area contributed by atoms with Gasteiger partial charge in [-0.05, 0) is 12.8 Å². The summed E-state index contributed by atoms with van der Waals surface area (Å²) in [6, 6.07) is 0.444. The van der Waals surface area contributed by atoms with Crippen molar-refractivity contribution in [3.8, 4) is 0 Å². The molecule has 14 heavy (non-hydrogen) atoms. The lowest BCUT2D eigenvalue weighted by Crippen LogP contribution is -2.28. The number of rotatable bonds is 2. The summed E-state index contributed by atoms with van der Waals surface area (Å²) in [6.07, 6.45) is 5.23. The summed E-state index contributed by atoms with van der Waals surface area (Å²) in [7, 11) is 0. The summed E-state index contributed by atoms with van der Waals surface area (Å²) in [6.45, 7) is 1.64. The van der Waals surface area contributed by atoms with Crippen molar-refractivity contribution in [2.24, 2.45) is 0 Å². The Morgan fingerprint density at radius 3 is 2.71 bits per heavy atom. The van der Waals surface area contributed by atoms with Crippen molar-refractivity contribution in [1.29, 1.82) is 0 Å². The molecule has 0 unspecified atom stereocenters. The van der Waals surface area contributed by atoms with Crippen molar-refractivity contribution >= 4 is 17.4 Å². The van der Waals surface area contributed by atoms with Crippen LogP contribution in [0.1, 0.15) is 12.8 Å². The number of hydrogen-bond donors (Lipinski definition) is 1. The first-order valence-electron chi connectivity index (χ1n) is 4.66. The second-order valence-corrected chi connectivity index (χ2v) is 3.64. The van der Waals surface area contributed by atoms with Crippen LogP contribution in [0.15, 0.2) is 12.4 Å². The van der Waals surface area contributed by atoms with Crippen LogP contribution >= 0.6 is 11.6 Å². The molecule has 1 fully saturated rings. The van der Waals surface area contributed by atoms with Gasteiger partial charge in [0.1, 0.15) is 11.0 Å². The van der Waals surface area contributed by atoms with Crippen LogP contribution in [-0.4, -0.2) is 29.2 Å². The maximum absolute atomic E-state index is 5.63. The average molecular weight is 214 g/mol. The van der Waals surface area contributed by atoms with Gasteiger partial charge in [0.25, 0.3) is 0 Å². The van der Waals surface area contributed by atoms with Crippen molar-refractivity contribution in [3.05, 3.63) is 17.5 Å². The minimum Gasteiger partial charge on any atom is -0.381 e. The van der Waals surface area contributed by atoms with E-state index >= 15 is 0 Å². The molecule has 1 aromatic rings. The molecule has 0 bridgehead atoms. The monoisotopic (exact) mass is 213 g/mol. The number of nitrogens with one attached hydrogen (secondary N) is 1. The van der Waals surface area contributed by atoms with Crippen molar-refractivity contribution in [3.63, 3.8) is 0 Å². The van der Waals surface area contributed by atoms with Crippen LogP contribution in [0.25, 0.3) is 0 Å². The summed E-state index contributed by atoms with van der Waals surface area (Å²) < 4.78 is 5.26. The highest BCUT2D eigenvalue weighted by molar-refractivity contribution is 6.29. The van der Waals surface area contributed by atoms with E-state index in [2.05, 4.69) is 15.3 Å². The second-order valence-electron chi connectivity index (χ2n) is 3.26. The molecule has 5 heteroatoms. The van der Waals surface area contributed by atoms with Crippen LogP contribution in [0.3, 0.4) is 0 Å². The molecular weight excluding hydrogens is 202 g/mol. The molecule has 1 aliphatic heterocycles. The number of ether oxygens (including phenoxy) is 1. The number of halogens is 1. The van der Waals surface area contributed by atoms with Crippen LogP contribution in [0.4, 0.5) is 5.82 Å². The molecule has 1 aromatic heterocycles. The zero-order chi connectivity index (χ0) is 9.80. The third kappa shape index (κ3) is 2.56. The fourth-order valence-electron chi connectivity index (χ4n) is 1.44. The molecule has 4 nitrogen and oxygen atoms in total. The molecule has 2 rings (SSSR count). The van der Waals surface area contributed by atoms with Crippen molar-refractivity contribution in [2.75, 3.05) is 18.5 Å². The smallest absolute Gasteiger partial charge is 0.147 e. The van der Waals surface area contributed by atoms with Gasteiger partial charge in [0.15, 0.2) is 0 Å². The normalized spacial score (nSPS) is 18.1. The van der Waals surface area contributed by atoms with E-state index in [0.717, 1.165) is 31.9 Å². The van der Waals surface area contributed by atoms with Gasteiger partial charge >= 0.3 is 0 Å². The van der Waals surface area contributed by atoms with Crippen LogP contribution in [0.2, 0.25) is 5.15 Å². The highest BCUT2D eigenvalue weighted by atomic mass is 35.5. The Hall–Kier alpha value is -0.870. The number of nitrogens with zero attached hydrogens (tertiary/aromatic N) is 2. The number of aromatic nitrogens is 2. The highest BCUT2D eigenvalue weighted by Gasteiger charge is 2.13. The van der Waals surface area contributed by atoms with Crippen LogP contribution in [0, 0.1) is 0 Å². The number of hydrogen-bond acceptors (Lipinski definition) is 4. The third-order valence-electron chi connectivity index (χ3n) is 2.19. The van der Waals surface area contributed by atoms with E-state index < -0.39 is 0 Å². The van der Waals surface area contributed by atoms with E-state index in [1.165, 1.54) is 0 Å². The quantitative estimate of drug-likeness (QED) is 0.813. The van der Waals surface area contributed by atoms with Crippen molar-refractivity contribution in [1.82, 2.24) is 9.97 Å². The summed E-state index contributed by atoms with van der Waals surface area (Å²) in [4.78, 5) is 8.08. The minimum atomic E-state index is 0.419. The van der Waals surface area contributed by atoms with Gasteiger partial charge in [-0.3, -0.25) is 0 Å². The zero-order valence-corrected chi connectivity index (χ0v) is 8.50. The molecule has 1 aliphatic rings. The first-order chi connectivity index (χ1) is 6.84. The largest absolute Gasteiger partial charge is 0.381 e. The van der Waals surface area contributed by atoms with Gasteiger partial charge in [-0.1, -0.05) is 11.6 Å². The Balaban J connectivity index is 1.92. The lowest BCUT2D eigenvalue weighted by molar-refractivity contribution is 0.0904. The molecule has 0 amide bonds. The summed E-state index contributed by atoms with van der Waals surface area (Å²) in [5, 5.41) is 3.71. The van der Waals surface area contributed by atoms with E-state index in [0.29, 0.717) is 11.2 Å². The Morgan fingerprint density at radius 1 is 1.29 bits per heavy atom. The first-order valence-corrected chi connectivity index (χ1v) is 5.04. The molecule has 0 saturated carbocycles. The molecule has 0 atom stereocenters. The second kappa shape index (κ2) is 4.57. The minimum absolute atomic E-state index is 0.419. The standard InChI is InChI=1S/C9H12ClN3O/c10-8-5-12-9(6-11-8)13-7-1-3-14-4-2-7/h5-7H,1-4H2,(H,12,13). The fraction of sp³-hybridized carbons (Fsp3) is 0.556. The molecule has 0 aliphatic carbocycles. The lowest BCUT2D eigenvalue weighted by atomic mass is 10.1. The molecule has 76 valence electrons. The van der Waals surface area contributed by atoms with Gasteiger partial charge in [-0.15, -0.1) is 0 Å². The van der Waals surface area contributed by atoms with Crippen LogP contribution < -0.4 is 5.32 Å². The highest BCUT2D eigenvalue weighted by Crippen LogP contribution is 2.13. The summed E-state index contributed by atoms with van der Waals surface area (Å²) >= 11 is 5.63. The van der Waals surface area contributed by atoms with E-state index in [9.17, 15) is 0 Å². The topological polar surface area (TPSA) is 47.0 Å². The molecular formula is C9H12ClN3O. The fourth-order valence-corrected chi connectivity index (χ4v) is 1.54. The molecule has 0 radical (unpaired) electrons. The Labute approximate surface area is 87.7 Å². The molecule has 0 aromatic carbocycles. The molecule has 1 saturated heterocycles. The first kappa shape index (κ1) is 9.68. The predicted octanol–water partition coefficient (Wildman–Crippen LogP) is 1.72. The van der Waals surface area contributed by atoms with Gasteiger partial charge in [0, 0.05) is 19.3 Å². The van der Waals surface area contributed by atoms with Gasteiger partial charge in [-0.2, -0.15) is 0 Å². The van der Waals surface area contributed by atoms with Crippen LogP contribution in [-0.2, 0) is 4.74 Å². The Kier molecular flexibility index (Phi) is 3.16. The van der Waals surface area contributed by atoms with Crippen LogP contribution in [0.5, 0.6) is 0 Å². The van der Waals surface area contributed by atoms with E-state index in [1.807, 2.05) is 0 Å². The number of anilines is 1.